The molecule has 340 valence electrons. The van der Waals surface area contributed by atoms with Crippen molar-refractivity contribution in [1.29, 1.82) is 0 Å². The van der Waals surface area contributed by atoms with Gasteiger partial charge >= 0.3 is 0 Å². The standard InChI is InChI=1S/C10H20.C10H22.C7H16O.2C7H16.C7H14.C6H14/c1-10(2,3)9-7-5-4-6-8-9;1-5-6-7-8-9-10(2,3)4;1-7(2,3)5-6-8-4;3*1-5-6-7(2,3)4;1-5-6(2,3)4/h9H,4-8H2,1-3H3;5-9H2,1-4H3;5-6H2,1-4H3;2*5-6H2,1-4H3;5H,1,6H2,2-4H3;5H2,1-4H3. The second-order valence-corrected chi connectivity index (χ2v) is 25.0. The Hall–Kier alpha value is -0.300. The zero-order valence-corrected chi connectivity index (χ0v) is 44.5. The minimum atomic E-state index is 0.427. The normalized spacial score (nSPS) is 13.9. The zero-order valence-electron chi connectivity index (χ0n) is 44.5. The molecule has 0 atom stereocenters. The summed E-state index contributed by atoms with van der Waals surface area (Å²) in [5, 5.41) is 0. The fourth-order valence-electron chi connectivity index (χ4n) is 5.39. The average molecular weight is 784 g/mol. The number of rotatable bonds is 9. The van der Waals surface area contributed by atoms with Crippen LogP contribution in [-0.2, 0) is 4.74 Å². The van der Waals surface area contributed by atoms with E-state index in [2.05, 4.69) is 180 Å². The summed E-state index contributed by atoms with van der Waals surface area (Å²) in [5.74, 6) is 1.00. The van der Waals surface area contributed by atoms with E-state index in [1.165, 1.54) is 96.3 Å². The van der Waals surface area contributed by atoms with Crippen LogP contribution in [-0.4, -0.2) is 13.7 Å². The Labute approximate surface area is 356 Å². The van der Waals surface area contributed by atoms with Gasteiger partial charge in [0.25, 0.3) is 0 Å². The van der Waals surface area contributed by atoms with Crippen LogP contribution in [0.3, 0.4) is 0 Å². The first-order valence-electron chi connectivity index (χ1n) is 23.6. The van der Waals surface area contributed by atoms with Crippen molar-refractivity contribution in [2.75, 3.05) is 13.7 Å². The largest absolute Gasteiger partial charge is 0.385 e. The van der Waals surface area contributed by atoms with Gasteiger partial charge in [0.2, 0.25) is 0 Å². The predicted molar refractivity (Wildman–Crippen MR) is 263 cm³/mol. The molecule has 1 aliphatic rings. The maximum atomic E-state index is 4.92. The molecule has 0 aromatic heterocycles. The van der Waals surface area contributed by atoms with E-state index in [1.54, 1.807) is 7.11 Å². The number of ether oxygens (including phenoxy) is 1. The molecule has 0 spiro atoms. The van der Waals surface area contributed by atoms with Gasteiger partial charge in [-0.1, -0.05) is 243 Å². The van der Waals surface area contributed by atoms with Gasteiger partial charge in [-0.25, -0.2) is 0 Å². The smallest absolute Gasteiger partial charge is 0.0467 e. The monoisotopic (exact) mass is 783 g/mol. The Kier molecular flexibility index (Phi) is 43.1. The predicted octanol–water partition coefficient (Wildman–Crippen LogP) is 20.4. The van der Waals surface area contributed by atoms with E-state index in [0.29, 0.717) is 37.9 Å². The van der Waals surface area contributed by atoms with Crippen molar-refractivity contribution in [2.24, 2.45) is 43.8 Å². The molecule has 1 aliphatic carbocycles. The highest BCUT2D eigenvalue weighted by molar-refractivity contribution is 4.77. The molecule has 1 heteroatoms. The first-order chi connectivity index (χ1) is 24.5. The van der Waals surface area contributed by atoms with Crippen molar-refractivity contribution in [1.82, 2.24) is 0 Å². The second-order valence-electron chi connectivity index (χ2n) is 25.0. The molecule has 0 radical (unpaired) electrons. The summed E-state index contributed by atoms with van der Waals surface area (Å²) in [6, 6.07) is 0. The lowest BCUT2D eigenvalue weighted by Crippen LogP contribution is -2.22. The molecule has 0 heterocycles. The van der Waals surface area contributed by atoms with Crippen LogP contribution in [0.4, 0.5) is 0 Å². The quantitative estimate of drug-likeness (QED) is 0.167. The lowest BCUT2D eigenvalue weighted by molar-refractivity contribution is 0.159. The van der Waals surface area contributed by atoms with Gasteiger partial charge in [0.05, 0.1) is 0 Å². The van der Waals surface area contributed by atoms with Crippen LogP contribution in [0.15, 0.2) is 12.7 Å². The first-order valence-corrected chi connectivity index (χ1v) is 23.6. The van der Waals surface area contributed by atoms with Crippen molar-refractivity contribution >= 4 is 0 Å². The molecule has 0 aromatic carbocycles. The number of unbranched alkanes of at least 4 members (excludes halogenated alkanes) is 3. The lowest BCUT2D eigenvalue weighted by Gasteiger charge is -2.33. The zero-order chi connectivity index (χ0) is 45.2. The van der Waals surface area contributed by atoms with Crippen molar-refractivity contribution in [2.45, 2.75) is 282 Å². The van der Waals surface area contributed by atoms with Crippen LogP contribution in [0.1, 0.15) is 282 Å². The Balaban J connectivity index is -0.000000128. The van der Waals surface area contributed by atoms with E-state index in [4.69, 9.17) is 4.74 Å². The number of allylic oxidation sites excluding steroid dienone is 1. The molecule has 0 aliphatic heterocycles. The Morgan fingerprint density at radius 2 is 0.818 bits per heavy atom. The summed E-state index contributed by atoms with van der Waals surface area (Å²) in [6.45, 7) is 61.2. The maximum Gasteiger partial charge on any atom is 0.0467 e. The molecular formula is C54H118O. The van der Waals surface area contributed by atoms with E-state index >= 15 is 0 Å². The van der Waals surface area contributed by atoms with Crippen molar-refractivity contribution < 1.29 is 4.74 Å². The summed E-state index contributed by atoms with van der Waals surface area (Å²) < 4.78 is 4.92. The van der Waals surface area contributed by atoms with E-state index in [0.717, 1.165) is 25.4 Å². The average Bonchev–Trinajstić information content (AvgIpc) is 2.97. The molecule has 0 aromatic rings. The van der Waals surface area contributed by atoms with E-state index in [-0.39, 0.29) is 0 Å². The van der Waals surface area contributed by atoms with Gasteiger partial charge in [-0.15, -0.1) is 6.58 Å². The van der Waals surface area contributed by atoms with Gasteiger partial charge in [0.1, 0.15) is 0 Å². The first kappa shape index (κ1) is 66.5. The van der Waals surface area contributed by atoms with Crippen molar-refractivity contribution in [3.63, 3.8) is 0 Å². The molecule has 0 N–H and O–H groups in total. The SMILES string of the molecule is C=CCC(C)(C)C.CC(C)(C)C1CCCCC1.CCC(C)(C)C.CCCC(C)(C)C.CCCC(C)(C)C.CCCCCCC(C)(C)C.COCCC(C)(C)C. The summed E-state index contributed by atoms with van der Waals surface area (Å²) in [6.07, 6.45) is 25.1. The third kappa shape index (κ3) is 86.6. The Morgan fingerprint density at radius 3 is 0.964 bits per heavy atom. The highest BCUT2D eigenvalue weighted by Crippen LogP contribution is 2.37. The third-order valence-electron chi connectivity index (χ3n) is 9.48. The summed E-state index contributed by atoms with van der Waals surface area (Å²) >= 11 is 0. The Bertz CT molecular complexity index is 729. The number of hydrogen-bond acceptors (Lipinski definition) is 1. The minimum Gasteiger partial charge on any atom is -0.385 e. The fraction of sp³-hybridized carbons (Fsp3) is 0.963. The van der Waals surface area contributed by atoms with Crippen LogP contribution in [0.25, 0.3) is 0 Å². The summed E-state index contributed by atoms with van der Waals surface area (Å²) in [4.78, 5) is 0. The minimum absolute atomic E-state index is 0.427. The molecule has 0 unspecified atom stereocenters. The van der Waals surface area contributed by atoms with E-state index < -0.39 is 0 Å². The van der Waals surface area contributed by atoms with Crippen LogP contribution >= 0.6 is 0 Å². The lowest BCUT2D eigenvalue weighted by atomic mass is 9.72. The summed E-state index contributed by atoms with van der Waals surface area (Å²) in [7, 11) is 1.74. The van der Waals surface area contributed by atoms with Crippen molar-refractivity contribution in [3.05, 3.63) is 12.7 Å². The van der Waals surface area contributed by atoms with Gasteiger partial charge in [0.15, 0.2) is 0 Å². The fourth-order valence-corrected chi connectivity index (χ4v) is 5.39. The van der Waals surface area contributed by atoms with Crippen LogP contribution < -0.4 is 0 Å². The highest BCUT2D eigenvalue weighted by atomic mass is 16.5. The molecule has 55 heavy (non-hydrogen) atoms. The van der Waals surface area contributed by atoms with Crippen LogP contribution in [0.5, 0.6) is 0 Å². The molecule has 0 amide bonds. The molecule has 1 fully saturated rings. The van der Waals surface area contributed by atoms with Gasteiger partial charge in [0, 0.05) is 13.7 Å². The molecular weight excluding hydrogens is 665 g/mol. The molecule has 0 saturated heterocycles. The molecule has 1 nitrogen and oxygen atoms in total. The van der Waals surface area contributed by atoms with Crippen molar-refractivity contribution in [3.8, 4) is 0 Å². The second kappa shape index (κ2) is 35.6. The van der Waals surface area contributed by atoms with Gasteiger partial charge in [-0.3, -0.25) is 0 Å². The number of methoxy groups -OCH3 is 1. The van der Waals surface area contributed by atoms with Crippen LogP contribution in [0.2, 0.25) is 0 Å². The topological polar surface area (TPSA) is 9.23 Å². The van der Waals surface area contributed by atoms with Gasteiger partial charge in [-0.2, -0.15) is 0 Å². The van der Waals surface area contributed by atoms with Crippen LogP contribution in [0, 0.1) is 43.8 Å². The summed E-state index contributed by atoms with van der Waals surface area (Å²) in [5.41, 5.74) is 3.62. The third-order valence-corrected chi connectivity index (χ3v) is 9.48. The van der Waals surface area contributed by atoms with Gasteiger partial charge in [-0.05, 0) is 88.8 Å². The van der Waals surface area contributed by atoms with E-state index in [1.807, 2.05) is 6.08 Å². The van der Waals surface area contributed by atoms with E-state index in [9.17, 15) is 0 Å². The maximum absolute atomic E-state index is 4.92. The molecule has 1 saturated carbocycles. The molecule has 1 rings (SSSR count). The molecule has 0 bridgehead atoms. The Morgan fingerprint density at radius 1 is 0.455 bits per heavy atom. The highest BCUT2D eigenvalue weighted by Gasteiger charge is 2.25. The number of hydrogen-bond donors (Lipinski definition) is 0. The van der Waals surface area contributed by atoms with Gasteiger partial charge < -0.3 is 4.74 Å².